The number of nitrogens with zero attached hydrogens (tertiary/aromatic N) is 2. The lowest BCUT2D eigenvalue weighted by Gasteiger charge is -2.44. The van der Waals surface area contributed by atoms with Crippen molar-refractivity contribution in [1.82, 2.24) is 0 Å². The Hall–Kier alpha value is -2.48. The second kappa shape index (κ2) is 7.52. The van der Waals surface area contributed by atoms with E-state index in [1.807, 2.05) is 0 Å². The van der Waals surface area contributed by atoms with Gasteiger partial charge < -0.3 is 9.80 Å². The molecule has 2 heterocycles. The molecular formula is C31H40N2. The first kappa shape index (κ1) is 22.3. The number of hydrogen-bond donors (Lipinski definition) is 0. The van der Waals surface area contributed by atoms with Gasteiger partial charge in [0.05, 0.1) is 11.1 Å². The molecule has 2 aliphatic heterocycles. The van der Waals surface area contributed by atoms with Crippen LogP contribution in [0.15, 0.2) is 36.4 Å². The molecule has 33 heavy (non-hydrogen) atoms. The van der Waals surface area contributed by atoms with Gasteiger partial charge in [-0.2, -0.15) is 0 Å². The molecule has 0 spiro atoms. The van der Waals surface area contributed by atoms with Gasteiger partial charge in [0.25, 0.3) is 0 Å². The minimum atomic E-state index is 0.0556. The third-order valence-corrected chi connectivity index (χ3v) is 7.97. The summed E-state index contributed by atoms with van der Waals surface area (Å²) < 4.78 is 0. The summed E-state index contributed by atoms with van der Waals surface area (Å²) >= 11 is 0. The van der Waals surface area contributed by atoms with E-state index in [9.17, 15) is 0 Å². The Morgan fingerprint density at radius 3 is 1.39 bits per heavy atom. The van der Waals surface area contributed by atoms with Crippen LogP contribution in [0.2, 0.25) is 0 Å². The first-order chi connectivity index (χ1) is 15.6. The predicted octanol–water partition coefficient (Wildman–Crippen LogP) is 8.08. The molecule has 0 fully saturated rings. The maximum Gasteiger partial charge on any atom is 0.0534 e. The molecular weight excluding hydrogens is 400 g/mol. The number of allylic oxidation sites excluding steroid dienone is 2. The van der Waals surface area contributed by atoms with E-state index in [0.717, 1.165) is 32.4 Å². The van der Waals surface area contributed by atoms with Crippen molar-refractivity contribution in [3.63, 3.8) is 0 Å². The topological polar surface area (TPSA) is 6.48 Å². The summed E-state index contributed by atoms with van der Waals surface area (Å²) in [6.45, 7) is 20.7. The molecule has 0 N–H and O–H groups in total. The summed E-state index contributed by atoms with van der Waals surface area (Å²) in [5.74, 6) is 0. The van der Waals surface area contributed by atoms with Crippen molar-refractivity contribution in [2.75, 3.05) is 22.9 Å². The summed E-state index contributed by atoms with van der Waals surface area (Å²) in [7, 11) is 0. The average molecular weight is 441 g/mol. The number of benzene rings is 2. The lowest BCUT2D eigenvalue weighted by molar-refractivity contribution is 0.550. The second-order valence-corrected chi connectivity index (χ2v) is 11.5. The molecule has 0 saturated carbocycles. The van der Waals surface area contributed by atoms with Gasteiger partial charge in [-0.05, 0) is 118 Å². The molecule has 0 amide bonds. The number of anilines is 2. The molecule has 0 bridgehead atoms. The molecule has 5 rings (SSSR count). The summed E-state index contributed by atoms with van der Waals surface area (Å²) in [6, 6.07) is 9.99. The Morgan fingerprint density at radius 2 is 1.03 bits per heavy atom. The van der Waals surface area contributed by atoms with Gasteiger partial charge in [0, 0.05) is 35.6 Å². The molecule has 1 aliphatic carbocycles. The van der Waals surface area contributed by atoms with Gasteiger partial charge in [-0.1, -0.05) is 26.0 Å². The summed E-state index contributed by atoms with van der Waals surface area (Å²) in [4.78, 5) is 5.23. The Bertz CT molecular complexity index is 1100. The molecule has 0 atom stereocenters. The van der Waals surface area contributed by atoms with E-state index in [-0.39, 0.29) is 11.1 Å². The Kier molecular flexibility index (Phi) is 5.08. The predicted molar refractivity (Wildman–Crippen MR) is 145 cm³/mol. The van der Waals surface area contributed by atoms with Crippen molar-refractivity contribution in [3.05, 3.63) is 58.7 Å². The van der Waals surface area contributed by atoms with Gasteiger partial charge in [-0.15, -0.1) is 0 Å². The van der Waals surface area contributed by atoms with Crippen LogP contribution in [0, 0.1) is 0 Å². The molecule has 2 aromatic carbocycles. The first-order valence-electron chi connectivity index (χ1n) is 12.9. The van der Waals surface area contributed by atoms with Gasteiger partial charge >= 0.3 is 0 Å². The van der Waals surface area contributed by atoms with E-state index in [1.165, 1.54) is 55.9 Å². The maximum absolute atomic E-state index is 2.61. The van der Waals surface area contributed by atoms with Crippen LogP contribution in [0.5, 0.6) is 0 Å². The van der Waals surface area contributed by atoms with E-state index in [0.29, 0.717) is 0 Å². The number of hydrogen-bond acceptors (Lipinski definition) is 2. The lowest BCUT2D eigenvalue weighted by Crippen LogP contribution is -2.45. The zero-order valence-corrected chi connectivity index (χ0v) is 21.9. The van der Waals surface area contributed by atoms with Crippen LogP contribution in [0.1, 0.15) is 90.5 Å². The maximum atomic E-state index is 2.61. The molecule has 0 unspecified atom stereocenters. The summed E-state index contributed by atoms with van der Waals surface area (Å²) in [6.07, 6.45) is 8.27. The highest BCUT2D eigenvalue weighted by Crippen LogP contribution is 2.49. The zero-order valence-electron chi connectivity index (χ0n) is 21.9. The highest BCUT2D eigenvalue weighted by molar-refractivity contribution is 5.92. The second-order valence-electron chi connectivity index (χ2n) is 11.5. The van der Waals surface area contributed by atoms with Crippen molar-refractivity contribution in [1.29, 1.82) is 0 Å². The fraction of sp³-hybridized carbons (Fsp3) is 0.484. The van der Waals surface area contributed by atoms with E-state index >= 15 is 0 Å². The molecule has 174 valence electrons. The van der Waals surface area contributed by atoms with Crippen LogP contribution in [0.25, 0.3) is 22.3 Å². The molecule has 0 aromatic heterocycles. The van der Waals surface area contributed by atoms with Crippen LogP contribution in [0.4, 0.5) is 11.4 Å². The minimum Gasteiger partial charge on any atom is -0.362 e. The average Bonchev–Trinajstić information content (AvgIpc) is 3.07. The van der Waals surface area contributed by atoms with E-state index in [4.69, 9.17) is 0 Å². The quantitative estimate of drug-likeness (QED) is 0.404. The van der Waals surface area contributed by atoms with Crippen molar-refractivity contribution in [2.24, 2.45) is 0 Å². The van der Waals surface area contributed by atoms with Crippen LogP contribution < -0.4 is 9.80 Å². The SMILES string of the molecule is CCCN1c2cc3c(cc2C(C)=CC1(C)C)-c1cc2c(cc1C3)N(CCC)C(C)(C)C=C2C. The van der Waals surface area contributed by atoms with Crippen LogP contribution in [-0.2, 0) is 6.42 Å². The van der Waals surface area contributed by atoms with Crippen LogP contribution >= 0.6 is 0 Å². The van der Waals surface area contributed by atoms with Gasteiger partial charge in [0.15, 0.2) is 0 Å². The molecule has 0 saturated heterocycles. The van der Waals surface area contributed by atoms with E-state index < -0.39 is 0 Å². The Balaban J connectivity index is 1.66. The van der Waals surface area contributed by atoms with Crippen molar-refractivity contribution in [2.45, 2.75) is 85.7 Å². The molecule has 0 radical (unpaired) electrons. The monoisotopic (exact) mass is 440 g/mol. The normalized spacial score (nSPS) is 19.4. The Morgan fingerprint density at radius 1 is 0.636 bits per heavy atom. The Labute approximate surface area is 201 Å². The third-order valence-electron chi connectivity index (χ3n) is 7.97. The molecule has 2 heteroatoms. The molecule has 2 nitrogen and oxygen atoms in total. The lowest BCUT2D eigenvalue weighted by atomic mass is 9.85. The summed E-state index contributed by atoms with van der Waals surface area (Å²) in [5.41, 5.74) is 14.4. The fourth-order valence-corrected chi connectivity index (χ4v) is 6.60. The number of fused-ring (bicyclic) bond motifs is 5. The molecule has 3 aliphatic rings. The van der Waals surface area contributed by atoms with Gasteiger partial charge in [0.1, 0.15) is 0 Å². The van der Waals surface area contributed by atoms with Gasteiger partial charge in [0.2, 0.25) is 0 Å². The van der Waals surface area contributed by atoms with Crippen molar-refractivity contribution < 1.29 is 0 Å². The van der Waals surface area contributed by atoms with Crippen molar-refractivity contribution in [3.8, 4) is 11.1 Å². The largest absolute Gasteiger partial charge is 0.362 e. The van der Waals surface area contributed by atoms with Crippen LogP contribution in [0.3, 0.4) is 0 Å². The minimum absolute atomic E-state index is 0.0556. The molecule has 2 aromatic rings. The fourth-order valence-electron chi connectivity index (χ4n) is 6.60. The first-order valence-corrected chi connectivity index (χ1v) is 12.9. The number of rotatable bonds is 4. The van der Waals surface area contributed by atoms with Gasteiger partial charge in [-0.3, -0.25) is 0 Å². The van der Waals surface area contributed by atoms with E-state index in [2.05, 4.69) is 102 Å². The van der Waals surface area contributed by atoms with Crippen LogP contribution in [-0.4, -0.2) is 24.2 Å². The summed E-state index contributed by atoms with van der Waals surface area (Å²) in [5, 5.41) is 0. The highest BCUT2D eigenvalue weighted by atomic mass is 15.2. The highest BCUT2D eigenvalue weighted by Gasteiger charge is 2.35. The van der Waals surface area contributed by atoms with E-state index in [1.54, 1.807) is 0 Å². The zero-order chi connectivity index (χ0) is 23.7. The standard InChI is InChI=1S/C31H40N2/c1-9-11-32-28-14-22-13-23-15-29-25(21(4)19-31(7,8)33(29)12-10-2)17-27(23)26(22)16-24(28)20(3)18-30(32,5)6/h14-19H,9-13H2,1-8H3. The smallest absolute Gasteiger partial charge is 0.0534 e. The van der Waals surface area contributed by atoms with Gasteiger partial charge in [-0.25, -0.2) is 0 Å². The van der Waals surface area contributed by atoms with Crippen molar-refractivity contribution >= 4 is 22.5 Å². The third kappa shape index (κ3) is 3.36.